The minimum absolute atomic E-state index is 0. The van der Waals surface area contributed by atoms with Crippen molar-refractivity contribution in [2.45, 2.75) is 46.1 Å². The Kier molecular flexibility index (Phi) is 10.6. The molecule has 19 heavy (non-hydrogen) atoms. The molecule has 1 aliphatic carbocycles. The zero-order chi connectivity index (χ0) is 13.4. The van der Waals surface area contributed by atoms with Crippen LogP contribution in [0.5, 0.6) is 0 Å². The molecule has 2 rings (SSSR count). The summed E-state index contributed by atoms with van der Waals surface area (Å²) in [5.41, 5.74) is 0. The van der Waals surface area contributed by atoms with Crippen molar-refractivity contribution < 1.29 is 32.7 Å². The van der Waals surface area contributed by atoms with Gasteiger partial charge in [-0.05, 0) is 30.6 Å². The number of rotatable bonds is 2. The van der Waals surface area contributed by atoms with Crippen molar-refractivity contribution in [1.82, 2.24) is 0 Å². The van der Waals surface area contributed by atoms with E-state index in [1.54, 1.807) is 0 Å². The third-order valence-electron chi connectivity index (χ3n) is 3.73. The second-order valence-corrected chi connectivity index (χ2v) is 5.58. The van der Waals surface area contributed by atoms with E-state index in [-0.39, 0.29) is 38.8 Å². The van der Waals surface area contributed by atoms with Gasteiger partial charge in [0.1, 0.15) is 0 Å². The van der Waals surface area contributed by atoms with E-state index in [1.165, 1.54) is 12.8 Å². The summed E-state index contributed by atoms with van der Waals surface area (Å²) in [6, 6.07) is 12.6. The van der Waals surface area contributed by atoms with E-state index in [2.05, 4.69) is 32.0 Å². The van der Waals surface area contributed by atoms with Crippen molar-refractivity contribution in [2.75, 3.05) is 0 Å². The summed E-state index contributed by atoms with van der Waals surface area (Å²) in [5, 5.41) is 3.25. The van der Waals surface area contributed by atoms with Crippen LogP contribution in [0.15, 0.2) is 35.5 Å². The molecule has 2 nitrogen and oxygen atoms in total. The van der Waals surface area contributed by atoms with Crippen molar-refractivity contribution in [3.05, 3.63) is 41.3 Å². The van der Waals surface area contributed by atoms with Crippen LogP contribution in [-0.2, 0) is 32.7 Å². The quantitative estimate of drug-likeness (QED) is 0.569. The number of nitroso groups, excluding NO2 is 1. The fourth-order valence-corrected chi connectivity index (χ4v) is 2.62. The fourth-order valence-electron chi connectivity index (χ4n) is 2.62. The van der Waals surface area contributed by atoms with Crippen LogP contribution >= 0.6 is 0 Å². The molecule has 0 amide bonds. The van der Waals surface area contributed by atoms with Crippen molar-refractivity contribution in [3.63, 3.8) is 0 Å². The van der Waals surface area contributed by atoms with Gasteiger partial charge in [0.15, 0.2) is 0 Å². The van der Waals surface area contributed by atoms with Gasteiger partial charge < -0.3 is 0 Å². The maximum atomic E-state index is 10.6. The molecule has 1 aliphatic rings. The second kappa shape index (κ2) is 10.7. The van der Waals surface area contributed by atoms with E-state index in [1.807, 2.05) is 30.3 Å². The van der Waals surface area contributed by atoms with Gasteiger partial charge in [0.05, 0.1) is 6.04 Å². The monoisotopic (exact) mass is 335 g/mol. The first-order valence-corrected chi connectivity index (χ1v) is 6.88. The first-order valence-electron chi connectivity index (χ1n) is 6.88. The Morgan fingerprint density at radius 2 is 1.79 bits per heavy atom. The largest absolute Gasteiger partial charge is 0.184 e. The summed E-state index contributed by atoms with van der Waals surface area (Å²) < 4.78 is 0. The van der Waals surface area contributed by atoms with Gasteiger partial charge in [0, 0.05) is 32.7 Å². The van der Waals surface area contributed by atoms with Crippen molar-refractivity contribution in [2.24, 2.45) is 22.9 Å². The minimum atomic E-state index is 0. The number of benzene rings is 1. The summed E-state index contributed by atoms with van der Waals surface area (Å²) in [6.07, 6.45) is 3.47. The predicted molar refractivity (Wildman–Crippen MR) is 76.2 cm³/mol. The molecular weight excluding hydrogens is 311 g/mol. The summed E-state index contributed by atoms with van der Waals surface area (Å²) in [5.74, 6) is 1.85. The Morgan fingerprint density at radius 3 is 2.16 bits per heavy atom. The molecule has 1 radical (unpaired) electrons. The fraction of sp³-hybridized carbons (Fsp3) is 0.625. The van der Waals surface area contributed by atoms with Crippen LogP contribution in [0.4, 0.5) is 0 Å². The molecule has 0 saturated heterocycles. The van der Waals surface area contributed by atoms with Crippen LogP contribution in [-0.4, -0.2) is 6.04 Å². The molecule has 0 spiro atoms. The molecule has 0 heterocycles. The molecule has 1 aromatic rings. The van der Waals surface area contributed by atoms with Gasteiger partial charge in [-0.2, -0.15) is 41.3 Å². The summed E-state index contributed by atoms with van der Waals surface area (Å²) >= 11 is 0. The molecule has 1 fully saturated rings. The van der Waals surface area contributed by atoms with Crippen LogP contribution in [0.25, 0.3) is 0 Å². The molecule has 3 unspecified atom stereocenters. The molecule has 103 valence electrons. The summed E-state index contributed by atoms with van der Waals surface area (Å²) in [4.78, 5) is 10.6. The minimum Gasteiger partial charge on any atom is -0.184 e. The Bertz CT molecular complexity index is 302. The first kappa shape index (κ1) is 18.9. The van der Waals surface area contributed by atoms with Crippen LogP contribution in [0.1, 0.15) is 40.0 Å². The molecule has 0 N–H and O–H groups in total. The smallest absolute Gasteiger partial charge is 0.0952 e. The van der Waals surface area contributed by atoms with E-state index >= 15 is 0 Å². The Balaban J connectivity index is 0.000000392. The zero-order valence-electron chi connectivity index (χ0n) is 12.3. The topological polar surface area (TPSA) is 29.4 Å². The molecule has 3 atom stereocenters. The van der Waals surface area contributed by atoms with Gasteiger partial charge in [0.2, 0.25) is 0 Å². The Hall–Kier alpha value is -0.0761. The maximum Gasteiger partial charge on any atom is 0.0952 e. The zero-order valence-corrected chi connectivity index (χ0v) is 15.1. The van der Waals surface area contributed by atoms with Gasteiger partial charge in [-0.3, -0.25) is 0 Å². The third-order valence-corrected chi connectivity index (χ3v) is 3.73. The molecule has 0 aliphatic heterocycles. The van der Waals surface area contributed by atoms with Crippen LogP contribution < -0.4 is 0 Å². The van der Waals surface area contributed by atoms with Crippen LogP contribution in [0.2, 0.25) is 0 Å². The SMILES string of the molecule is CC1CCC(C(C)C)C(N=O)C1.[Y].[c-]1ccccc1. The number of hydrogen-bond donors (Lipinski definition) is 0. The standard InChI is InChI=1S/C10H19NO.C6H5.Y/c1-7(2)9-5-4-8(3)6-10(9)11-12;1-2-4-6-5-3-1;/h7-10H,4-6H2,1-3H3;1-5H;/q;-1;. The third kappa shape index (κ3) is 7.32. The van der Waals surface area contributed by atoms with E-state index in [9.17, 15) is 4.91 Å². The van der Waals surface area contributed by atoms with E-state index in [4.69, 9.17) is 0 Å². The summed E-state index contributed by atoms with van der Waals surface area (Å²) in [7, 11) is 0. The maximum absolute atomic E-state index is 10.6. The molecule has 0 aromatic heterocycles. The second-order valence-electron chi connectivity index (χ2n) is 5.58. The molecule has 3 heteroatoms. The van der Waals surface area contributed by atoms with Crippen LogP contribution in [0, 0.1) is 28.7 Å². The molecule has 1 aromatic carbocycles. The average Bonchev–Trinajstić information content (AvgIpc) is 2.41. The Morgan fingerprint density at radius 1 is 1.16 bits per heavy atom. The van der Waals surface area contributed by atoms with Crippen molar-refractivity contribution in [1.29, 1.82) is 0 Å². The van der Waals surface area contributed by atoms with E-state index in [0.29, 0.717) is 17.8 Å². The normalized spacial score (nSPS) is 25.8. The first-order chi connectivity index (χ1) is 8.65. The predicted octanol–water partition coefficient (Wildman–Crippen LogP) is 4.70. The van der Waals surface area contributed by atoms with Crippen molar-refractivity contribution >= 4 is 0 Å². The molecular formula is C16H24NOY-. The average molecular weight is 335 g/mol. The van der Waals surface area contributed by atoms with E-state index in [0.717, 1.165) is 6.42 Å². The van der Waals surface area contributed by atoms with Crippen LogP contribution in [0.3, 0.4) is 0 Å². The molecule has 0 bridgehead atoms. The van der Waals surface area contributed by atoms with Gasteiger partial charge >= 0.3 is 0 Å². The van der Waals surface area contributed by atoms with Crippen molar-refractivity contribution in [3.8, 4) is 0 Å². The number of nitrogens with zero attached hydrogens (tertiary/aromatic N) is 1. The van der Waals surface area contributed by atoms with Gasteiger partial charge in [-0.15, -0.1) is 0 Å². The summed E-state index contributed by atoms with van der Waals surface area (Å²) in [6.45, 7) is 6.60. The van der Waals surface area contributed by atoms with E-state index < -0.39 is 0 Å². The van der Waals surface area contributed by atoms with Gasteiger partial charge in [-0.25, -0.2) is 0 Å². The molecule has 1 saturated carbocycles. The van der Waals surface area contributed by atoms with Gasteiger partial charge in [-0.1, -0.05) is 32.4 Å². The van der Waals surface area contributed by atoms with Gasteiger partial charge in [0.25, 0.3) is 0 Å². The number of hydrogen-bond acceptors (Lipinski definition) is 2. The Labute approximate surface area is 142 Å².